The smallest absolute Gasteiger partial charge is 0.339 e. The quantitative estimate of drug-likeness (QED) is 0.773. The summed E-state index contributed by atoms with van der Waals surface area (Å²) in [6.07, 6.45) is 2.50. The van der Waals surface area contributed by atoms with Crippen LogP contribution in [0.3, 0.4) is 0 Å². The minimum absolute atomic E-state index is 0.0154. The van der Waals surface area contributed by atoms with Crippen LogP contribution in [0, 0.1) is 0 Å². The van der Waals surface area contributed by atoms with E-state index in [4.69, 9.17) is 14.3 Å². The van der Waals surface area contributed by atoms with Crippen LogP contribution >= 0.6 is 0 Å². The van der Waals surface area contributed by atoms with Crippen LogP contribution in [0.5, 0.6) is 0 Å². The zero-order valence-corrected chi connectivity index (χ0v) is 10.6. The van der Waals surface area contributed by atoms with E-state index in [-0.39, 0.29) is 24.6 Å². The van der Waals surface area contributed by atoms with Crippen molar-refractivity contribution in [1.82, 2.24) is 5.32 Å². The van der Waals surface area contributed by atoms with Crippen molar-refractivity contribution in [3.63, 3.8) is 0 Å². The summed E-state index contributed by atoms with van der Waals surface area (Å²) >= 11 is 0. The number of furan rings is 1. The third-order valence-electron chi connectivity index (χ3n) is 1.98. The first-order chi connectivity index (χ1) is 8.29. The van der Waals surface area contributed by atoms with Gasteiger partial charge in [-0.05, 0) is 20.8 Å². The van der Waals surface area contributed by atoms with Crippen LogP contribution in [0.15, 0.2) is 16.9 Å². The van der Waals surface area contributed by atoms with Crippen LogP contribution < -0.4 is 5.32 Å². The molecule has 18 heavy (non-hydrogen) atoms. The Morgan fingerprint density at radius 2 is 2.06 bits per heavy atom. The first-order valence-corrected chi connectivity index (χ1v) is 5.50. The summed E-state index contributed by atoms with van der Waals surface area (Å²) in [5.41, 5.74) is 0.0541. The zero-order chi connectivity index (χ0) is 13.8. The molecular formula is C12H17NO5. The molecule has 0 aromatic carbocycles. The molecule has 0 spiro atoms. The molecule has 2 N–H and O–H groups in total. The van der Waals surface area contributed by atoms with Gasteiger partial charge in [0.1, 0.15) is 17.4 Å². The molecule has 1 heterocycles. The van der Waals surface area contributed by atoms with Gasteiger partial charge in [0.25, 0.3) is 0 Å². The summed E-state index contributed by atoms with van der Waals surface area (Å²) in [5, 5.41) is 11.6. The minimum atomic E-state index is -1.06. The maximum atomic E-state index is 11.4. The van der Waals surface area contributed by atoms with E-state index in [1.165, 1.54) is 6.26 Å². The molecule has 0 aliphatic rings. The lowest BCUT2D eigenvalue weighted by Crippen LogP contribution is -2.31. The largest absolute Gasteiger partial charge is 0.478 e. The van der Waals surface area contributed by atoms with Crippen molar-refractivity contribution < 1.29 is 23.8 Å². The van der Waals surface area contributed by atoms with E-state index in [0.29, 0.717) is 5.56 Å². The van der Waals surface area contributed by atoms with E-state index in [1.54, 1.807) is 20.8 Å². The van der Waals surface area contributed by atoms with Crippen molar-refractivity contribution in [3.05, 3.63) is 23.7 Å². The highest BCUT2D eigenvalue weighted by molar-refractivity contribution is 5.88. The lowest BCUT2D eigenvalue weighted by atomic mass is 10.2. The highest BCUT2D eigenvalue weighted by Gasteiger charge is 2.16. The molecule has 6 nitrogen and oxygen atoms in total. The summed E-state index contributed by atoms with van der Waals surface area (Å²) in [5.74, 6) is -1.44. The average Bonchev–Trinajstić information content (AvgIpc) is 2.62. The first kappa shape index (κ1) is 14.2. The molecule has 1 aromatic rings. The van der Waals surface area contributed by atoms with Crippen LogP contribution in [0.1, 0.15) is 36.7 Å². The maximum Gasteiger partial charge on any atom is 0.339 e. The molecule has 0 fully saturated rings. The lowest BCUT2D eigenvalue weighted by molar-refractivity contribution is -0.153. The normalized spacial score (nSPS) is 11.3. The number of hydrogen-bond donors (Lipinski definition) is 2. The molecule has 100 valence electrons. The Bertz CT molecular complexity index is 430. The Morgan fingerprint density at radius 3 is 2.61 bits per heavy atom. The average molecular weight is 255 g/mol. The Morgan fingerprint density at radius 1 is 1.39 bits per heavy atom. The molecular weight excluding hydrogens is 238 g/mol. The van der Waals surface area contributed by atoms with E-state index >= 15 is 0 Å². The second-order valence-electron chi connectivity index (χ2n) is 4.81. The molecule has 0 atom stereocenters. The van der Waals surface area contributed by atoms with Gasteiger partial charge in [-0.2, -0.15) is 0 Å². The number of carboxylic acids is 1. The number of carbonyl (C=O) groups is 2. The second kappa shape index (κ2) is 5.68. The molecule has 0 aliphatic heterocycles. The van der Waals surface area contributed by atoms with Crippen LogP contribution in [0.4, 0.5) is 0 Å². The summed E-state index contributed by atoms with van der Waals surface area (Å²) in [7, 11) is 0. The number of carboxylic acid groups (broad SMARTS) is 1. The lowest BCUT2D eigenvalue weighted by Gasteiger charge is -2.19. The van der Waals surface area contributed by atoms with E-state index < -0.39 is 11.6 Å². The van der Waals surface area contributed by atoms with Crippen LogP contribution in [-0.4, -0.2) is 29.2 Å². The number of aromatic carboxylic acids is 1. The number of hydrogen-bond acceptors (Lipinski definition) is 5. The molecule has 1 aromatic heterocycles. The van der Waals surface area contributed by atoms with E-state index in [1.807, 2.05) is 0 Å². The molecule has 1 rings (SSSR count). The molecule has 0 saturated heterocycles. The van der Waals surface area contributed by atoms with Gasteiger partial charge in [0, 0.05) is 12.1 Å². The third kappa shape index (κ3) is 4.58. The molecule has 6 heteroatoms. The Labute approximate surface area is 105 Å². The molecule has 0 saturated carbocycles. The van der Waals surface area contributed by atoms with E-state index in [2.05, 4.69) is 5.32 Å². The van der Waals surface area contributed by atoms with E-state index in [0.717, 1.165) is 6.26 Å². The van der Waals surface area contributed by atoms with Crippen molar-refractivity contribution in [2.45, 2.75) is 32.9 Å². The summed E-state index contributed by atoms with van der Waals surface area (Å²) in [6.45, 7) is 5.59. The Hall–Kier alpha value is -1.82. The van der Waals surface area contributed by atoms with Crippen LogP contribution in [0.2, 0.25) is 0 Å². The first-order valence-electron chi connectivity index (χ1n) is 5.50. The van der Waals surface area contributed by atoms with Gasteiger partial charge in [-0.25, -0.2) is 4.79 Å². The van der Waals surface area contributed by atoms with Crippen molar-refractivity contribution in [3.8, 4) is 0 Å². The highest BCUT2D eigenvalue weighted by atomic mass is 16.6. The topological polar surface area (TPSA) is 88.8 Å². The van der Waals surface area contributed by atoms with E-state index in [9.17, 15) is 9.59 Å². The number of esters is 1. The number of rotatable bonds is 5. The fourth-order valence-corrected chi connectivity index (χ4v) is 1.32. The fourth-order valence-electron chi connectivity index (χ4n) is 1.32. The van der Waals surface area contributed by atoms with Gasteiger partial charge in [-0.15, -0.1) is 0 Å². The highest BCUT2D eigenvalue weighted by Crippen LogP contribution is 2.10. The van der Waals surface area contributed by atoms with Crippen molar-refractivity contribution in [1.29, 1.82) is 0 Å². The van der Waals surface area contributed by atoms with Gasteiger partial charge in [0.2, 0.25) is 0 Å². The fraction of sp³-hybridized carbons (Fsp3) is 0.500. The Balaban J connectivity index is 2.40. The summed E-state index contributed by atoms with van der Waals surface area (Å²) < 4.78 is 9.90. The molecule has 0 bridgehead atoms. The van der Waals surface area contributed by atoms with Crippen LogP contribution in [-0.2, 0) is 16.1 Å². The van der Waals surface area contributed by atoms with Gasteiger partial charge in [0.15, 0.2) is 0 Å². The Kier molecular flexibility index (Phi) is 4.49. The van der Waals surface area contributed by atoms with Gasteiger partial charge in [0.05, 0.1) is 12.8 Å². The van der Waals surface area contributed by atoms with Gasteiger partial charge in [-0.1, -0.05) is 0 Å². The van der Waals surface area contributed by atoms with Crippen molar-refractivity contribution in [2.75, 3.05) is 6.54 Å². The predicted octanol–water partition coefficient (Wildman–Crippen LogP) is 1.41. The summed E-state index contributed by atoms with van der Waals surface area (Å²) in [6, 6.07) is 0. The molecule has 0 unspecified atom stereocenters. The number of ether oxygens (including phenoxy) is 1. The van der Waals surface area contributed by atoms with Crippen LogP contribution in [0.25, 0.3) is 0 Å². The van der Waals surface area contributed by atoms with Crippen molar-refractivity contribution >= 4 is 11.9 Å². The number of carbonyl (C=O) groups excluding carboxylic acids is 1. The standard InChI is InChI=1S/C12H17NO5/c1-12(2,3)18-10(14)5-13-4-8-6-17-7-9(8)11(15)16/h6-7,13H,4-5H2,1-3H3,(H,15,16). The van der Waals surface area contributed by atoms with Gasteiger partial charge in [-0.3, -0.25) is 4.79 Å². The monoisotopic (exact) mass is 255 g/mol. The summed E-state index contributed by atoms with van der Waals surface area (Å²) in [4.78, 5) is 22.2. The molecule has 0 aliphatic carbocycles. The maximum absolute atomic E-state index is 11.4. The minimum Gasteiger partial charge on any atom is -0.478 e. The zero-order valence-electron chi connectivity index (χ0n) is 10.6. The molecule has 0 amide bonds. The SMILES string of the molecule is CC(C)(C)OC(=O)CNCc1cocc1C(=O)O. The van der Waals surface area contributed by atoms with Crippen molar-refractivity contribution in [2.24, 2.45) is 0 Å². The predicted molar refractivity (Wildman–Crippen MR) is 63.2 cm³/mol. The second-order valence-corrected chi connectivity index (χ2v) is 4.81. The molecule has 0 radical (unpaired) electrons. The van der Waals surface area contributed by atoms with Gasteiger partial charge < -0.3 is 19.6 Å². The third-order valence-corrected chi connectivity index (χ3v) is 1.98. The number of nitrogens with one attached hydrogen (secondary N) is 1. The van der Waals surface area contributed by atoms with Gasteiger partial charge >= 0.3 is 11.9 Å².